The number of benzene rings is 1. The average molecular weight is 379 g/mol. The minimum atomic E-state index is -0.720. The van der Waals surface area contributed by atoms with Crippen molar-refractivity contribution in [1.82, 2.24) is 4.98 Å². The van der Waals surface area contributed by atoms with E-state index in [1.807, 2.05) is 19.2 Å². The third kappa shape index (κ3) is 3.36. The van der Waals surface area contributed by atoms with E-state index in [4.69, 9.17) is 11.6 Å². The van der Waals surface area contributed by atoms with E-state index < -0.39 is 11.2 Å². The molecule has 1 aliphatic rings. The second-order valence-electron chi connectivity index (χ2n) is 7.74. The van der Waals surface area contributed by atoms with Gasteiger partial charge in [-0.25, -0.2) is 4.98 Å². The fourth-order valence-corrected chi connectivity index (χ4v) is 5.11. The molecule has 2 heterocycles. The Kier molecular flexibility index (Phi) is 5.25. The van der Waals surface area contributed by atoms with Gasteiger partial charge in [-0.3, -0.25) is 0 Å². The van der Waals surface area contributed by atoms with Crippen LogP contribution >= 0.6 is 11.6 Å². The van der Waals surface area contributed by atoms with E-state index >= 15 is 0 Å². The third-order valence-corrected chi connectivity index (χ3v) is 7.22. The van der Waals surface area contributed by atoms with Crippen LogP contribution in [0.25, 0.3) is 10.8 Å². The van der Waals surface area contributed by atoms with Crippen LogP contribution in [0.3, 0.4) is 0 Å². The van der Waals surface area contributed by atoms with Gasteiger partial charge in [0.25, 0.3) is 0 Å². The van der Waals surface area contributed by atoms with Crippen molar-refractivity contribution in [3.63, 3.8) is 0 Å². The Balaban J connectivity index is 1.99. The summed E-state index contributed by atoms with van der Waals surface area (Å²) in [6, 6.07) is 6.40. The van der Waals surface area contributed by atoms with Crippen molar-refractivity contribution in [2.24, 2.45) is 5.92 Å². The molecule has 1 unspecified atom stereocenters. The van der Waals surface area contributed by atoms with Crippen molar-refractivity contribution < 1.29 is 4.55 Å². The topological polar surface area (TPSA) is 39.2 Å². The van der Waals surface area contributed by atoms with Gasteiger partial charge in [0.05, 0.1) is 0 Å². The average Bonchev–Trinajstić information content (AvgIpc) is 2.56. The SMILES string of the molecule is CC[S@+]([O-])CC1CN(c2ccc(C(C)C)c3cc(Cl)ncc23)C1(C)C. The number of aromatic nitrogens is 1. The third-order valence-electron chi connectivity index (χ3n) is 5.60. The summed E-state index contributed by atoms with van der Waals surface area (Å²) >= 11 is 5.45. The van der Waals surface area contributed by atoms with E-state index in [0.717, 1.165) is 23.4 Å². The number of pyridine rings is 1. The number of anilines is 1. The van der Waals surface area contributed by atoms with Crippen molar-refractivity contribution in [3.05, 3.63) is 35.1 Å². The van der Waals surface area contributed by atoms with Crippen molar-refractivity contribution in [1.29, 1.82) is 0 Å². The summed E-state index contributed by atoms with van der Waals surface area (Å²) < 4.78 is 12.0. The minimum Gasteiger partial charge on any atom is -0.616 e. The van der Waals surface area contributed by atoms with Gasteiger partial charge >= 0.3 is 0 Å². The van der Waals surface area contributed by atoms with Gasteiger partial charge in [-0.1, -0.05) is 42.7 Å². The first kappa shape index (κ1) is 18.8. The van der Waals surface area contributed by atoms with Crippen molar-refractivity contribution in [2.45, 2.75) is 46.1 Å². The van der Waals surface area contributed by atoms with Crippen LogP contribution in [0.4, 0.5) is 5.69 Å². The molecule has 5 heteroatoms. The van der Waals surface area contributed by atoms with E-state index in [1.165, 1.54) is 16.6 Å². The Morgan fingerprint density at radius 1 is 1.36 bits per heavy atom. The maximum absolute atomic E-state index is 12.0. The van der Waals surface area contributed by atoms with Crippen LogP contribution < -0.4 is 4.90 Å². The number of hydrogen-bond acceptors (Lipinski definition) is 3. The first-order chi connectivity index (χ1) is 11.8. The van der Waals surface area contributed by atoms with Crippen LogP contribution in [0.15, 0.2) is 24.4 Å². The van der Waals surface area contributed by atoms with Crippen LogP contribution in [0.2, 0.25) is 5.15 Å². The molecule has 2 atom stereocenters. The lowest BCUT2D eigenvalue weighted by Crippen LogP contribution is -2.66. The van der Waals surface area contributed by atoms with E-state index in [9.17, 15) is 4.55 Å². The van der Waals surface area contributed by atoms with Crippen LogP contribution in [-0.4, -0.2) is 33.1 Å². The molecule has 0 N–H and O–H groups in total. The van der Waals surface area contributed by atoms with E-state index in [1.54, 1.807) is 0 Å². The van der Waals surface area contributed by atoms with Crippen LogP contribution in [0.5, 0.6) is 0 Å². The molecule has 1 aliphatic heterocycles. The largest absolute Gasteiger partial charge is 0.616 e. The first-order valence-corrected chi connectivity index (χ1v) is 10.8. The second kappa shape index (κ2) is 6.98. The predicted octanol–water partition coefficient (Wildman–Crippen LogP) is 5.00. The second-order valence-corrected chi connectivity index (χ2v) is 9.92. The molecule has 0 amide bonds. The van der Waals surface area contributed by atoms with Gasteiger partial charge in [-0.15, -0.1) is 0 Å². The Bertz CT molecular complexity index is 778. The molecule has 0 bridgehead atoms. The lowest BCUT2D eigenvalue weighted by molar-refractivity contribution is 0.221. The van der Waals surface area contributed by atoms with Gasteiger partial charge < -0.3 is 9.45 Å². The monoisotopic (exact) mass is 378 g/mol. The zero-order chi connectivity index (χ0) is 18.4. The highest BCUT2D eigenvalue weighted by Crippen LogP contribution is 2.44. The molecule has 3 nitrogen and oxygen atoms in total. The maximum Gasteiger partial charge on any atom is 0.129 e. The predicted molar refractivity (Wildman–Crippen MR) is 109 cm³/mol. The zero-order valence-corrected chi connectivity index (χ0v) is 17.2. The molecule has 1 saturated heterocycles. The molecular weight excluding hydrogens is 352 g/mol. The fraction of sp³-hybridized carbons (Fsp3) is 0.550. The molecule has 1 aromatic carbocycles. The molecule has 1 aromatic heterocycles. The minimum absolute atomic E-state index is 0.00323. The summed E-state index contributed by atoms with van der Waals surface area (Å²) in [6.07, 6.45) is 1.90. The molecule has 0 radical (unpaired) electrons. The molecule has 136 valence electrons. The fourth-order valence-electron chi connectivity index (χ4n) is 3.75. The van der Waals surface area contributed by atoms with Gasteiger partial charge in [0.15, 0.2) is 0 Å². The Morgan fingerprint density at radius 2 is 2.08 bits per heavy atom. The zero-order valence-electron chi connectivity index (χ0n) is 15.7. The number of nitrogens with zero attached hydrogens (tertiary/aromatic N) is 2. The molecule has 25 heavy (non-hydrogen) atoms. The summed E-state index contributed by atoms with van der Waals surface area (Å²) in [7, 11) is 0. The highest BCUT2D eigenvalue weighted by atomic mass is 35.5. The normalized spacial score (nSPS) is 20.8. The van der Waals surface area contributed by atoms with E-state index in [-0.39, 0.29) is 5.54 Å². The standard InChI is InChI=1S/C20H27ClN2OS/c1-6-25(24)12-14-11-23(20(14,4)5)18-8-7-15(13(2)3)16-9-19(21)22-10-17(16)18/h7-10,13-14H,6,11-12H2,1-5H3/t14?,25-/m0/s1. The van der Waals surface area contributed by atoms with Gasteiger partial charge in [-0.2, -0.15) is 0 Å². The quantitative estimate of drug-likeness (QED) is 0.543. The molecular formula is C20H27ClN2OS. The summed E-state index contributed by atoms with van der Waals surface area (Å²) in [5.41, 5.74) is 2.49. The number of rotatable bonds is 5. The Labute approximate surface area is 158 Å². The molecule has 3 rings (SSSR count). The van der Waals surface area contributed by atoms with E-state index in [2.05, 4.69) is 49.7 Å². The molecule has 2 aromatic rings. The molecule has 0 spiro atoms. The van der Waals surface area contributed by atoms with Crippen molar-refractivity contribution in [2.75, 3.05) is 23.0 Å². The van der Waals surface area contributed by atoms with Crippen molar-refractivity contribution in [3.8, 4) is 0 Å². The van der Waals surface area contributed by atoms with Crippen LogP contribution in [-0.2, 0) is 11.2 Å². The number of halogens is 1. The molecule has 0 aliphatic carbocycles. The van der Waals surface area contributed by atoms with E-state index in [0.29, 0.717) is 17.0 Å². The lowest BCUT2D eigenvalue weighted by atomic mass is 9.77. The number of fused-ring (bicyclic) bond motifs is 1. The molecule has 1 fully saturated rings. The smallest absolute Gasteiger partial charge is 0.129 e. The van der Waals surface area contributed by atoms with Crippen LogP contribution in [0, 0.1) is 5.92 Å². The van der Waals surface area contributed by atoms with Gasteiger partial charge in [0.2, 0.25) is 0 Å². The van der Waals surface area contributed by atoms with Crippen molar-refractivity contribution >= 4 is 39.2 Å². The Morgan fingerprint density at radius 3 is 2.68 bits per heavy atom. The summed E-state index contributed by atoms with van der Waals surface area (Å²) in [6.45, 7) is 11.8. The number of hydrogen-bond donors (Lipinski definition) is 0. The van der Waals surface area contributed by atoms with Crippen LogP contribution in [0.1, 0.15) is 46.1 Å². The maximum atomic E-state index is 12.0. The summed E-state index contributed by atoms with van der Waals surface area (Å²) in [5, 5.41) is 2.87. The highest BCUT2D eigenvalue weighted by Gasteiger charge is 2.48. The van der Waals surface area contributed by atoms with Gasteiger partial charge in [0, 0.05) is 35.3 Å². The molecule has 0 saturated carbocycles. The summed E-state index contributed by atoms with van der Waals surface area (Å²) in [4.78, 5) is 6.75. The van der Waals surface area contributed by atoms with Gasteiger partial charge in [0.1, 0.15) is 16.7 Å². The Hall–Kier alpha value is -0.970. The highest BCUT2D eigenvalue weighted by molar-refractivity contribution is 7.91. The summed E-state index contributed by atoms with van der Waals surface area (Å²) in [5.74, 6) is 2.40. The lowest BCUT2D eigenvalue weighted by Gasteiger charge is -2.56. The first-order valence-electron chi connectivity index (χ1n) is 8.96. The van der Waals surface area contributed by atoms with Gasteiger partial charge in [-0.05, 0) is 49.8 Å².